The summed E-state index contributed by atoms with van der Waals surface area (Å²) in [5, 5.41) is 3.77. The Bertz CT molecular complexity index is 1000. The van der Waals surface area contributed by atoms with E-state index in [1.54, 1.807) is 5.38 Å². The van der Waals surface area contributed by atoms with Gasteiger partial charge in [-0.3, -0.25) is 10.2 Å². The van der Waals surface area contributed by atoms with E-state index in [0.29, 0.717) is 11.4 Å². The maximum absolute atomic E-state index is 12.6. The van der Waals surface area contributed by atoms with E-state index in [-0.39, 0.29) is 35.8 Å². The molecular formula is C15H17N5O7S2. The first-order valence-electron chi connectivity index (χ1n) is 8.11. The van der Waals surface area contributed by atoms with Crippen molar-refractivity contribution in [1.29, 1.82) is 0 Å². The quantitative estimate of drug-likeness (QED) is 0.639. The SMILES string of the molecule is COc1cc(OC)nc(NC(=O)NS(=O)(=O)c2ccsc2CN2CCOC2=O)n1. The van der Waals surface area contributed by atoms with Gasteiger partial charge < -0.3 is 14.2 Å². The maximum atomic E-state index is 12.6. The number of aromatic nitrogens is 2. The first-order chi connectivity index (χ1) is 13.8. The van der Waals surface area contributed by atoms with Crippen molar-refractivity contribution in [1.82, 2.24) is 19.6 Å². The Balaban J connectivity index is 1.72. The zero-order chi connectivity index (χ0) is 21.0. The van der Waals surface area contributed by atoms with Crippen LogP contribution in [-0.4, -0.2) is 62.8 Å². The van der Waals surface area contributed by atoms with Crippen molar-refractivity contribution in [2.24, 2.45) is 0 Å². The second-order valence-corrected chi connectivity index (χ2v) is 8.23. The lowest BCUT2D eigenvalue weighted by molar-refractivity contribution is 0.157. The topological polar surface area (TPSA) is 149 Å². The summed E-state index contributed by atoms with van der Waals surface area (Å²) in [7, 11) is -1.48. The van der Waals surface area contributed by atoms with Crippen molar-refractivity contribution < 1.29 is 32.2 Å². The molecule has 2 N–H and O–H groups in total. The first-order valence-corrected chi connectivity index (χ1v) is 10.5. The van der Waals surface area contributed by atoms with Crippen molar-refractivity contribution in [2.75, 3.05) is 32.7 Å². The number of carbonyl (C=O) groups is 2. The van der Waals surface area contributed by atoms with Gasteiger partial charge >= 0.3 is 12.1 Å². The molecule has 0 saturated carbocycles. The molecule has 0 radical (unpaired) electrons. The van der Waals surface area contributed by atoms with E-state index in [1.165, 1.54) is 31.3 Å². The molecule has 0 atom stereocenters. The summed E-state index contributed by atoms with van der Waals surface area (Å²) in [5.41, 5.74) is 0. The predicted octanol–water partition coefficient (Wildman–Crippen LogP) is 1.02. The van der Waals surface area contributed by atoms with Gasteiger partial charge in [0.05, 0.1) is 33.4 Å². The number of nitrogens with one attached hydrogen (secondary N) is 2. The summed E-state index contributed by atoms with van der Waals surface area (Å²) in [6.45, 7) is 0.667. The molecule has 3 heterocycles. The molecule has 0 bridgehead atoms. The molecule has 0 spiro atoms. The van der Waals surface area contributed by atoms with Crippen LogP contribution in [-0.2, 0) is 21.3 Å². The second-order valence-electron chi connectivity index (χ2n) is 5.58. The fourth-order valence-electron chi connectivity index (χ4n) is 2.40. The molecule has 14 heteroatoms. The van der Waals surface area contributed by atoms with Crippen molar-refractivity contribution in [3.63, 3.8) is 0 Å². The predicted molar refractivity (Wildman–Crippen MR) is 101 cm³/mol. The molecule has 12 nitrogen and oxygen atoms in total. The third-order valence-electron chi connectivity index (χ3n) is 3.72. The second kappa shape index (κ2) is 8.48. The molecule has 2 aromatic heterocycles. The molecule has 0 aromatic carbocycles. The number of hydrogen-bond donors (Lipinski definition) is 2. The van der Waals surface area contributed by atoms with Crippen LogP contribution < -0.4 is 19.5 Å². The Morgan fingerprint density at radius 3 is 2.59 bits per heavy atom. The number of sulfonamides is 1. The zero-order valence-electron chi connectivity index (χ0n) is 15.4. The summed E-state index contributed by atoms with van der Waals surface area (Å²) < 4.78 is 41.9. The molecule has 0 aliphatic carbocycles. The average molecular weight is 443 g/mol. The molecule has 3 rings (SSSR count). The minimum Gasteiger partial charge on any atom is -0.481 e. The number of ether oxygens (including phenoxy) is 3. The number of urea groups is 1. The highest BCUT2D eigenvalue weighted by molar-refractivity contribution is 7.90. The largest absolute Gasteiger partial charge is 0.481 e. The smallest absolute Gasteiger partial charge is 0.410 e. The van der Waals surface area contributed by atoms with Crippen LogP contribution in [0.15, 0.2) is 22.4 Å². The van der Waals surface area contributed by atoms with Crippen molar-refractivity contribution >= 4 is 39.4 Å². The highest BCUT2D eigenvalue weighted by Crippen LogP contribution is 2.25. The van der Waals surface area contributed by atoms with Crippen LogP contribution in [0.25, 0.3) is 0 Å². The normalized spacial score (nSPS) is 13.7. The van der Waals surface area contributed by atoms with Crippen LogP contribution in [0, 0.1) is 0 Å². The van der Waals surface area contributed by atoms with E-state index >= 15 is 0 Å². The number of amides is 3. The Morgan fingerprint density at radius 2 is 2.00 bits per heavy atom. The summed E-state index contributed by atoms with van der Waals surface area (Å²) in [4.78, 5) is 33.2. The molecule has 3 amide bonds. The molecular weight excluding hydrogens is 426 g/mol. The lowest BCUT2D eigenvalue weighted by atomic mass is 10.4. The summed E-state index contributed by atoms with van der Waals surface area (Å²) in [6.07, 6.45) is -0.517. The van der Waals surface area contributed by atoms with Crippen molar-refractivity contribution in [3.8, 4) is 11.8 Å². The lowest BCUT2D eigenvalue weighted by Gasteiger charge is -2.13. The monoisotopic (exact) mass is 443 g/mol. The average Bonchev–Trinajstić information content (AvgIpc) is 3.31. The molecule has 0 unspecified atom stereocenters. The van der Waals surface area contributed by atoms with E-state index in [0.717, 1.165) is 11.3 Å². The van der Waals surface area contributed by atoms with Crippen LogP contribution in [0.1, 0.15) is 4.88 Å². The van der Waals surface area contributed by atoms with Gasteiger partial charge in [-0.05, 0) is 11.4 Å². The van der Waals surface area contributed by atoms with Gasteiger partial charge in [0.2, 0.25) is 17.7 Å². The highest BCUT2D eigenvalue weighted by Gasteiger charge is 2.28. The van der Waals surface area contributed by atoms with Crippen molar-refractivity contribution in [2.45, 2.75) is 11.4 Å². The molecule has 156 valence electrons. The molecule has 1 fully saturated rings. The third kappa shape index (κ3) is 4.83. The number of anilines is 1. The molecule has 29 heavy (non-hydrogen) atoms. The number of cyclic esters (lactones) is 1. The highest BCUT2D eigenvalue weighted by atomic mass is 32.2. The number of thiophene rings is 1. The fourth-order valence-corrected chi connectivity index (χ4v) is 4.76. The minimum absolute atomic E-state index is 0.0601. The standard InChI is InChI=1S/C15H17N5O7S2/c1-25-11-7-12(26-2)17-13(16-11)18-14(21)19-29(23,24)10-3-6-28-9(10)8-20-4-5-27-15(20)22/h3,6-7H,4-5,8H2,1-2H3,(H2,16,17,18,19,21). The number of carbonyl (C=O) groups excluding carboxylic acids is 2. The Labute approximate surface area is 169 Å². The van der Waals surface area contributed by atoms with Gasteiger partial charge in [-0.2, -0.15) is 9.97 Å². The number of hydrogen-bond acceptors (Lipinski definition) is 10. The molecule has 2 aromatic rings. The van der Waals surface area contributed by atoms with Crippen LogP contribution in [0.4, 0.5) is 15.5 Å². The summed E-state index contributed by atoms with van der Waals surface area (Å²) in [5.74, 6) is 0.0273. The summed E-state index contributed by atoms with van der Waals surface area (Å²) in [6, 6.07) is 1.67. The number of methoxy groups -OCH3 is 2. The summed E-state index contributed by atoms with van der Waals surface area (Å²) >= 11 is 1.15. The third-order valence-corrected chi connectivity index (χ3v) is 6.17. The van der Waals surface area contributed by atoms with Gasteiger partial charge in [0.25, 0.3) is 10.0 Å². The lowest BCUT2D eigenvalue weighted by Crippen LogP contribution is -2.35. The van der Waals surface area contributed by atoms with Crippen molar-refractivity contribution in [3.05, 3.63) is 22.4 Å². The van der Waals surface area contributed by atoms with Gasteiger partial charge in [-0.25, -0.2) is 22.7 Å². The van der Waals surface area contributed by atoms with E-state index in [1.807, 2.05) is 4.72 Å². The van der Waals surface area contributed by atoms with Crippen LogP contribution in [0.5, 0.6) is 11.8 Å². The molecule has 1 aliphatic rings. The van der Waals surface area contributed by atoms with E-state index in [9.17, 15) is 18.0 Å². The van der Waals surface area contributed by atoms with Crippen LogP contribution in [0.2, 0.25) is 0 Å². The zero-order valence-corrected chi connectivity index (χ0v) is 17.0. The molecule has 1 saturated heterocycles. The van der Waals surface area contributed by atoms with Gasteiger partial charge in [-0.1, -0.05) is 0 Å². The van der Waals surface area contributed by atoms with Crippen LogP contribution in [0.3, 0.4) is 0 Å². The van der Waals surface area contributed by atoms with E-state index in [4.69, 9.17) is 14.2 Å². The number of nitrogens with zero attached hydrogens (tertiary/aromatic N) is 3. The Kier molecular flexibility index (Phi) is 6.03. The van der Waals surface area contributed by atoms with Gasteiger partial charge in [-0.15, -0.1) is 11.3 Å². The van der Waals surface area contributed by atoms with Crippen LogP contribution >= 0.6 is 11.3 Å². The van der Waals surface area contributed by atoms with E-state index in [2.05, 4.69) is 15.3 Å². The first kappa shape index (κ1) is 20.6. The minimum atomic E-state index is -4.21. The Hall–Kier alpha value is -3.13. The number of rotatable bonds is 7. The Morgan fingerprint density at radius 1 is 1.31 bits per heavy atom. The maximum Gasteiger partial charge on any atom is 0.410 e. The molecule has 1 aliphatic heterocycles. The fraction of sp³-hybridized carbons (Fsp3) is 0.333. The van der Waals surface area contributed by atoms with Gasteiger partial charge in [0.1, 0.15) is 11.5 Å². The van der Waals surface area contributed by atoms with Gasteiger partial charge in [0, 0.05) is 4.88 Å². The van der Waals surface area contributed by atoms with Gasteiger partial charge in [0.15, 0.2) is 0 Å². The van der Waals surface area contributed by atoms with E-state index < -0.39 is 22.1 Å².